The second-order valence-corrected chi connectivity index (χ2v) is 5.69. The van der Waals surface area contributed by atoms with Crippen LogP contribution < -0.4 is 4.74 Å². The maximum Gasteiger partial charge on any atom is 0.153 e. The zero-order valence-electron chi connectivity index (χ0n) is 11.9. The van der Waals surface area contributed by atoms with E-state index in [1.165, 1.54) is 0 Å². The molecule has 21 heavy (non-hydrogen) atoms. The lowest BCUT2D eigenvalue weighted by atomic mass is 10.2. The Morgan fingerprint density at radius 2 is 2.19 bits per heavy atom. The van der Waals surface area contributed by atoms with Gasteiger partial charge in [0.1, 0.15) is 12.4 Å². The number of hydrogen-bond acceptors (Lipinski definition) is 3. The Labute approximate surface area is 137 Å². The molecular weight excluding hydrogens is 356 g/mol. The molecule has 0 aliphatic carbocycles. The number of carbonyl (C=O) groups is 1. The van der Waals surface area contributed by atoms with Gasteiger partial charge in [0, 0.05) is 11.6 Å². The fraction of sp³-hybridized carbons (Fsp3) is 0.333. The van der Waals surface area contributed by atoms with Crippen molar-refractivity contribution in [2.24, 2.45) is 0 Å². The van der Waals surface area contributed by atoms with Crippen molar-refractivity contribution in [3.63, 3.8) is 0 Å². The summed E-state index contributed by atoms with van der Waals surface area (Å²) in [5.74, 6) is 0.517. The van der Waals surface area contributed by atoms with Crippen LogP contribution in [-0.4, -0.2) is 16.1 Å². The maximum atomic E-state index is 11.1. The molecule has 0 bridgehead atoms. The minimum atomic E-state index is 0.337. The molecule has 0 N–H and O–H groups in total. The Hall–Kier alpha value is -1.33. The summed E-state index contributed by atoms with van der Waals surface area (Å²) in [5, 5.41) is 5.03. The number of ether oxygens (including phenoxy) is 1. The van der Waals surface area contributed by atoms with Crippen LogP contribution >= 0.6 is 27.5 Å². The topological polar surface area (TPSA) is 44.1 Å². The van der Waals surface area contributed by atoms with Crippen LogP contribution in [0.2, 0.25) is 5.02 Å². The highest BCUT2D eigenvalue weighted by atomic mass is 79.9. The number of aryl methyl sites for hydroxylation is 2. The van der Waals surface area contributed by atoms with Crippen LogP contribution in [-0.2, 0) is 19.6 Å². The van der Waals surface area contributed by atoms with Gasteiger partial charge in [-0.25, -0.2) is 0 Å². The highest BCUT2D eigenvalue weighted by Crippen LogP contribution is 2.26. The molecule has 2 aromatic rings. The summed E-state index contributed by atoms with van der Waals surface area (Å²) in [4.78, 5) is 11.1. The first-order chi connectivity index (χ1) is 10.1. The number of hydrogen-bond donors (Lipinski definition) is 0. The van der Waals surface area contributed by atoms with Gasteiger partial charge < -0.3 is 4.74 Å². The van der Waals surface area contributed by atoms with Crippen molar-refractivity contribution < 1.29 is 9.53 Å². The third-order valence-corrected chi connectivity index (χ3v) is 4.31. The maximum absolute atomic E-state index is 11.1. The number of carbonyl (C=O) groups excluding carboxylic acids is 1. The lowest BCUT2D eigenvalue weighted by Gasteiger charge is -2.10. The molecule has 0 atom stereocenters. The van der Waals surface area contributed by atoms with Crippen molar-refractivity contribution in [1.82, 2.24) is 9.78 Å². The molecule has 2 rings (SSSR count). The number of nitrogens with zero attached hydrogens (tertiary/aromatic N) is 2. The van der Waals surface area contributed by atoms with Crippen LogP contribution in [0.4, 0.5) is 0 Å². The average molecular weight is 372 g/mol. The van der Waals surface area contributed by atoms with Crippen LogP contribution in [0, 0.1) is 0 Å². The molecule has 0 radical (unpaired) electrons. The van der Waals surface area contributed by atoms with E-state index < -0.39 is 0 Å². The molecule has 0 saturated heterocycles. The summed E-state index contributed by atoms with van der Waals surface area (Å²) >= 11 is 9.44. The van der Waals surface area contributed by atoms with Gasteiger partial charge in [0.05, 0.1) is 21.4 Å². The number of halogens is 2. The second-order valence-electron chi connectivity index (χ2n) is 4.47. The third kappa shape index (κ3) is 3.47. The zero-order valence-corrected chi connectivity index (χ0v) is 14.2. The number of aromatic nitrogens is 2. The molecule has 6 heteroatoms. The van der Waals surface area contributed by atoms with E-state index in [1.54, 1.807) is 18.2 Å². The van der Waals surface area contributed by atoms with E-state index in [0.717, 1.165) is 35.1 Å². The van der Waals surface area contributed by atoms with Crippen LogP contribution in [0.15, 0.2) is 22.7 Å². The molecule has 0 amide bonds. The quantitative estimate of drug-likeness (QED) is 0.712. The number of aldehydes is 1. The molecule has 0 aliphatic heterocycles. The number of benzene rings is 1. The van der Waals surface area contributed by atoms with E-state index in [0.29, 0.717) is 22.9 Å². The first-order valence-electron chi connectivity index (χ1n) is 6.72. The fourth-order valence-electron chi connectivity index (χ4n) is 2.04. The summed E-state index contributed by atoms with van der Waals surface area (Å²) in [5.41, 5.74) is 2.40. The molecule has 1 aromatic carbocycles. The van der Waals surface area contributed by atoms with Crippen LogP contribution in [0.1, 0.15) is 35.6 Å². The molecular formula is C15H16BrClN2O2. The third-order valence-electron chi connectivity index (χ3n) is 3.16. The minimum Gasteiger partial charge on any atom is -0.487 e. The Kier molecular flexibility index (Phi) is 5.42. The highest BCUT2D eigenvalue weighted by Gasteiger charge is 2.15. The fourth-order valence-corrected chi connectivity index (χ4v) is 2.90. The van der Waals surface area contributed by atoms with E-state index in [1.807, 2.05) is 11.6 Å². The first kappa shape index (κ1) is 16.0. The number of rotatable bonds is 6. The molecule has 0 saturated carbocycles. The van der Waals surface area contributed by atoms with Gasteiger partial charge >= 0.3 is 0 Å². The second kappa shape index (κ2) is 7.09. The largest absolute Gasteiger partial charge is 0.487 e. The van der Waals surface area contributed by atoms with Crippen molar-refractivity contribution in [2.75, 3.05) is 0 Å². The predicted molar refractivity (Wildman–Crippen MR) is 86.2 cm³/mol. The Morgan fingerprint density at radius 1 is 1.43 bits per heavy atom. The van der Waals surface area contributed by atoms with E-state index in [2.05, 4.69) is 28.0 Å². The van der Waals surface area contributed by atoms with Gasteiger partial charge in [-0.3, -0.25) is 9.48 Å². The van der Waals surface area contributed by atoms with E-state index >= 15 is 0 Å². The van der Waals surface area contributed by atoms with Gasteiger partial charge in [0.25, 0.3) is 0 Å². The molecule has 112 valence electrons. The van der Waals surface area contributed by atoms with Crippen molar-refractivity contribution >= 4 is 33.8 Å². The first-order valence-corrected chi connectivity index (χ1v) is 7.89. The normalized spacial score (nSPS) is 10.7. The SMILES string of the molecule is CCc1nn(CC)c(COc2ccc(Cl)cc2C=O)c1Br. The van der Waals surface area contributed by atoms with E-state index in [9.17, 15) is 4.79 Å². The summed E-state index contributed by atoms with van der Waals surface area (Å²) < 4.78 is 8.64. The summed E-state index contributed by atoms with van der Waals surface area (Å²) in [6.45, 7) is 5.19. The lowest BCUT2D eigenvalue weighted by molar-refractivity contribution is 0.111. The molecule has 1 heterocycles. The summed E-state index contributed by atoms with van der Waals surface area (Å²) in [6.07, 6.45) is 1.59. The van der Waals surface area contributed by atoms with E-state index in [4.69, 9.17) is 16.3 Å². The summed E-state index contributed by atoms with van der Waals surface area (Å²) in [7, 11) is 0. The van der Waals surface area contributed by atoms with E-state index in [-0.39, 0.29) is 0 Å². The highest BCUT2D eigenvalue weighted by molar-refractivity contribution is 9.10. The van der Waals surface area contributed by atoms with Gasteiger partial charge in [-0.1, -0.05) is 18.5 Å². The van der Waals surface area contributed by atoms with Gasteiger partial charge in [-0.05, 0) is 47.5 Å². The van der Waals surface area contributed by atoms with Gasteiger partial charge in [-0.15, -0.1) is 0 Å². The summed E-state index contributed by atoms with van der Waals surface area (Å²) in [6, 6.07) is 4.99. The smallest absolute Gasteiger partial charge is 0.153 e. The van der Waals surface area contributed by atoms with Crippen LogP contribution in [0.5, 0.6) is 5.75 Å². The van der Waals surface area contributed by atoms with Crippen LogP contribution in [0.3, 0.4) is 0 Å². The van der Waals surface area contributed by atoms with Gasteiger partial charge in [-0.2, -0.15) is 5.10 Å². The monoisotopic (exact) mass is 370 g/mol. The molecule has 0 fully saturated rings. The molecule has 0 unspecified atom stereocenters. The van der Waals surface area contributed by atoms with Crippen molar-refractivity contribution in [3.8, 4) is 5.75 Å². The Bertz CT molecular complexity index is 655. The molecule has 0 aliphatic rings. The molecule has 4 nitrogen and oxygen atoms in total. The van der Waals surface area contributed by atoms with Crippen molar-refractivity contribution in [3.05, 3.63) is 44.6 Å². The minimum absolute atomic E-state index is 0.337. The van der Waals surface area contributed by atoms with Crippen molar-refractivity contribution in [2.45, 2.75) is 33.4 Å². The standard InChI is InChI=1S/C15H16BrClN2O2/c1-3-12-15(16)13(19(4-2)18-12)9-21-14-6-5-11(17)7-10(14)8-20/h5-8H,3-4,9H2,1-2H3. The Balaban J connectivity index is 2.24. The lowest BCUT2D eigenvalue weighted by Crippen LogP contribution is -2.07. The Morgan fingerprint density at radius 3 is 2.81 bits per heavy atom. The van der Waals surface area contributed by atoms with Crippen molar-refractivity contribution in [1.29, 1.82) is 0 Å². The predicted octanol–water partition coefficient (Wildman–Crippen LogP) is 4.27. The molecule has 0 spiro atoms. The van der Waals surface area contributed by atoms with Gasteiger partial charge in [0.2, 0.25) is 0 Å². The molecule has 1 aromatic heterocycles. The van der Waals surface area contributed by atoms with Gasteiger partial charge in [0.15, 0.2) is 6.29 Å². The average Bonchev–Trinajstić information content (AvgIpc) is 2.81. The zero-order chi connectivity index (χ0) is 15.4. The van der Waals surface area contributed by atoms with Crippen LogP contribution in [0.25, 0.3) is 0 Å².